The molecule has 0 aromatic carbocycles. The van der Waals surface area contributed by atoms with Crippen molar-refractivity contribution in [1.82, 2.24) is 0 Å². The Morgan fingerprint density at radius 1 is 0.437 bits per heavy atom. The Bertz CT molecular complexity index is 1290. The molecule has 2 heterocycles. The molecule has 0 bridgehead atoms. The first kappa shape index (κ1) is 65.4. The highest BCUT2D eigenvalue weighted by Gasteiger charge is 2.47. The average molecular weight is 1020 g/mol. The lowest BCUT2D eigenvalue weighted by molar-refractivity contribution is -0.332. The highest BCUT2D eigenvalue weighted by atomic mass is 16.7. The standard InChI is InChI=1S/C56H104O15/c1-3-5-7-9-11-13-15-17-19-20-21-22-23-24-25-27-28-30-32-34-36-38-47(58)66-41-44(69-48(59)39-37-35-33-31-29-26-18-16-14-12-10-8-6-4-2)42-67-55-54(65)52(63)50(61)46(71-55)43-68-56-53(64)51(62)49(60)45(40-57)70-56/h16,18,44-46,49-57,60-65H,3-15,17,19-43H2,1-2H3/b18-16+/t44-,45+,46+,49-,50-,51?,52?,53?,54?,55+,56+/m0/s1. The Hall–Kier alpha value is -1.76. The number of carbonyl (C=O) groups is 2. The average Bonchev–Trinajstić information content (AvgIpc) is 3.36. The minimum absolute atomic E-state index is 0.159. The Labute approximate surface area is 429 Å². The van der Waals surface area contributed by atoms with Crippen molar-refractivity contribution in [3.05, 3.63) is 12.2 Å². The number of allylic oxidation sites excluding steroid dienone is 2. The molecule has 0 spiro atoms. The maximum absolute atomic E-state index is 13.0. The van der Waals surface area contributed by atoms with E-state index in [-0.39, 0.29) is 26.1 Å². The molecule has 0 saturated carbocycles. The molecule has 4 unspecified atom stereocenters. The number of hydrogen-bond donors (Lipinski definition) is 7. The third-order valence-corrected chi connectivity index (χ3v) is 14.0. The predicted molar refractivity (Wildman–Crippen MR) is 275 cm³/mol. The Morgan fingerprint density at radius 3 is 1.24 bits per heavy atom. The SMILES string of the molecule is CCCCCCC/C=C/CCCCCCCC(=O)O[C@@H](COC(=O)CCCCCCCCCCCCCCCCCCCCCCC)CO[C@@H]1O[C@H](CO[C@@H]2O[C@H](CO)[C@H](O)C(O)C2O)[C@H](O)C(O)C1O. The van der Waals surface area contributed by atoms with E-state index in [1.165, 1.54) is 141 Å². The monoisotopic (exact) mass is 1020 g/mol. The topological polar surface area (TPSA) is 231 Å². The number of rotatable bonds is 46. The van der Waals surface area contributed by atoms with Crippen LogP contribution in [0.4, 0.5) is 0 Å². The molecule has 0 aromatic rings. The molecule has 0 aromatic heterocycles. The van der Waals surface area contributed by atoms with Gasteiger partial charge in [-0.3, -0.25) is 9.59 Å². The van der Waals surface area contributed by atoms with Gasteiger partial charge in [0.15, 0.2) is 18.7 Å². The van der Waals surface area contributed by atoms with Gasteiger partial charge < -0.3 is 64.2 Å². The lowest BCUT2D eigenvalue weighted by atomic mass is 9.98. The van der Waals surface area contributed by atoms with Gasteiger partial charge in [-0.2, -0.15) is 0 Å². The molecular weight excluding hydrogens is 913 g/mol. The second kappa shape index (κ2) is 43.5. The van der Waals surface area contributed by atoms with Crippen LogP contribution >= 0.6 is 0 Å². The van der Waals surface area contributed by atoms with Crippen LogP contribution in [0.2, 0.25) is 0 Å². The first-order valence-electron chi connectivity index (χ1n) is 28.8. The number of hydrogen-bond acceptors (Lipinski definition) is 15. The summed E-state index contributed by atoms with van der Waals surface area (Å²) in [5.74, 6) is -0.921. The number of esters is 2. The summed E-state index contributed by atoms with van der Waals surface area (Å²) in [5.41, 5.74) is 0. The number of aliphatic hydroxyl groups is 7. The van der Waals surface area contributed by atoms with Crippen LogP contribution in [0.5, 0.6) is 0 Å². The summed E-state index contributed by atoms with van der Waals surface area (Å²) in [6.45, 7) is 2.62. The Kier molecular flexibility index (Phi) is 40.0. The largest absolute Gasteiger partial charge is 0.462 e. The second-order valence-corrected chi connectivity index (χ2v) is 20.5. The van der Waals surface area contributed by atoms with E-state index in [1.54, 1.807) is 0 Å². The first-order valence-corrected chi connectivity index (χ1v) is 28.8. The van der Waals surface area contributed by atoms with Crippen molar-refractivity contribution >= 4 is 11.9 Å². The number of ether oxygens (including phenoxy) is 6. The fourth-order valence-electron chi connectivity index (χ4n) is 9.27. The van der Waals surface area contributed by atoms with Crippen LogP contribution in [0, 0.1) is 0 Å². The van der Waals surface area contributed by atoms with Gasteiger partial charge in [-0.25, -0.2) is 0 Å². The maximum atomic E-state index is 13.0. The van der Waals surface area contributed by atoms with Gasteiger partial charge in [-0.1, -0.05) is 199 Å². The summed E-state index contributed by atoms with van der Waals surface area (Å²) < 4.78 is 33.7. The molecular formula is C56H104O15. The Morgan fingerprint density at radius 2 is 0.803 bits per heavy atom. The molecule has 15 heteroatoms. The molecule has 2 rings (SSSR count). The summed E-state index contributed by atoms with van der Waals surface area (Å²) in [5, 5.41) is 72.2. The van der Waals surface area contributed by atoms with Gasteiger partial charge >= 0.3 is 11.9 Å². The van der Waals surface area contributed by atoms with Gasteiger partial charge in [-0.15, -0.1) is 0 Å². The fraction of sp³-hybridized carbons (Fsp3) is 0.929. The van der Waals surface area contributed by atoms with Crippen molar-refractivity contribution in [3.63, 3.8) is 0 Å². The minimum atomic E-state index is -1.76. The molecule has 71 heavy (non-hydrogen) atoms. The van der Waals surface area contributed by atoms with E-state index in [4.69, 9.17) is 28.4 Å². The third kappa shape index (κ3) is 31.0. The number of unbranched alkanes of at least 4 members (excludes halogenated alkanes) is 30. The van der Waals surface area contributed by atoms with Gasteiger partial charge in [-0.05, 0) is 38.5 Å². The lowest BCUT2D eigenvalue weighted by Gasteiger charge is -2.42. The van der Waals surface area contributed by atoms with E-state index in [9.17, 15) is 45.3 Å². The molecule has 2 aliphatic heterocycles. The van der Waals surface area contributed by atoms with Crippen LogP contribution in [-0.4, -0.2) is 142 Å². The Balaban J connectivity index is 1.74. The highest BCUT2D eigenvalue weighted by Crippen LogP contribution is 2.27. The normalized spacial score (nSPS) is 25.2. The van der Waals surface area contributed by atoms with E-state index in [0.717, 1.165) is 57.8 Å². The molecule has 0 amide bonds. The molecule has 2 saturated heterocycles. The first-order chi connectivity index (χ1) is 34.5. The van der Waals surface area contributed by atoms with Crippen LogP contribution in [0.3, 0.4) is 0 Å². The van der Waals surface area contributed by atoms with Crippen molar-refractivity contribution in [1.29, 1.82) is 0 Å². The summed E-state index contributed by atoms with van der Waals surface area (Å²) in [6, 6.07) is 0. The number of carbonyl (C=O) groups excluding carboxylic acids is 2. The predicted octanol–water partition coefficient (Wildman–Crippen LogP) is 9.33. The number of aliphatic hydroxyl groups excluding tert-OH is 7. The quantitative estimate of drug-likeness (QED) is 0.0171. The van der Waals surface area contributed by atoms with Crippen LogP contribution < -0.4 is 0 Å². The molecule has 418 valence electrons. The van der Waals surface area contributed by atoms with Crippen molar-refractivity contribution < 1.29 is 73.8 Å². The molecule has 2 aliphatic rings. The van der Waals surface area contributed by atoms with E-state index >= 15 is 0 Å². The van der Waals surface area contributed by atoms with Crippen LogP contribution in [0.25, 0.3) is 0 Å². The van der Waals surface area contributed by atoms with E-state index in [0.29, 0.717) is 12.8 Å². The smallest absolute Gasteiger partial charge is 0.306 e. The second-order valence-electron chi connectivity index (χ2n) is 20.5. The highest BCUT2D eigenvalue weighted by molar-refractivity contribution is 5.70. The van der Waals surface area contributed by atoms with Gasteiger partial charge in [0, 0.05) is 12.8 Å². The van der Waals surface area contributed by atoms with Gasteiger partial charge in [0.05, 0.1) is 19.8 Å². The lowest BCUT2D eigenvalue weighted by Crippen LogP contribution is -2.61. The molecule has 11 atom stereocenters. The van der Waals surface area contributed by atoms with E-state index < -0.39 is 92.7 Å². The summed E-state index contributed by atoms with van der Waals surface area (Å²) in [4.78, 5) is 25.8. The molecule has 15 nitrogen and oxygen atoms in total. The third-order valence-electron chi connectivity index (χ3n) is 14.0. The zero-order chi connectivity index (χ0) is 51.7. The van der Waals surface area contributed by atoms with E-state index in [1.807, 2.05) is 0 Å². The maximum Gasteiger partial charge on any atom is 0.306 e. The fourth-order valence-corrected chi connectivity index (χ4v) is 9.27. The van der Waals surface area contributed by atoms with Crippen LogP contribution in [0.1, 0.15) is 239 Å². The van der Waals surface area contributed by atoms with Crippen LogP contribution in [-0.2, 0) is 38.0 Å². The minimum Gasteiger partial charge on any atom is -0.462 e. The summed E-state index contributed by atoms with van der Waals surface area (Å²) in [6.07, 6.45) is 28.1. The molecule has 0 aliphatic carbocycles. The zero-order valence-corrected chi connectivity index (χ0v) is 44.5. The van der Waals surface area contributed by atoms with Crippen molar-refractivity contribution in [2.24, 2.45) is 0 Å². The summed E-state index contributed by atoms with van der Waals surface area (Å²) in [7, 11) is 0. The van der Waals surface area contributed by atoms with Crippen molar-refractivity contribution in [2.75, 3.05) is 26.4 Å². The zero-order valence-electron chi connectivity index (χ0n) is 44.5. The van der Waals surface area contributed by atoms with Gasteiger partial charge in [0.25, 0.3) is 0 Å². The van der Waals surface area contributed by atoms with Crippen molar-refractivity contribution in [2.45, 2.75) is 306 Å². The van der Waals surface area contributed by atoms with E-state index in [2.05, 4.69) is 26.0 Å². The molecule has 2 fully saturated rings. The molecule has 7 N–H and O–H groups in total. The van der Waals surface area contributed by atoms with Gasteiger partial charge in [0.2, 0.25) is 0 Å². The van der Waals surface area contributed by atoms with Crippen molar-refractivity contribution in [3.8, 4) is 0 Å². The van der Waals surface area contributed by atoms with Gasteiger partial charge in [0.1, 0.15) is 55.4 Å². The van der Waals surface area contributed by atoms with Crippen LogP contribution in [0.15, 0.2) is 12.2 Å². The molecule has 0 radical (unpaired) electrons. The summed E-state index contributed by atoms with van der Waals surface area (Å²) >= 11 is 0.